The molecule has 1 saturated heterocycles. The monoisotopic (exact) mass is 214 g/mol. The summed E-state index contributed by atoms with van der Waals surface area (Å²) < 4.78 is 0. The second-order valence-electron chi connectivity index (χ2n) is 3.60. The molecule has 84 valence electrons. The van der Waals surface area contributed by atoms with Crippen LogP contribution in [0.15, 0.2) is 0 Å². The van der Waals surface area contributed by atoms with Gasteiger partial charge < -0.3 is 16.2 Å². The van der Waals surface area contributed by atoms with E-state index in [-0.39, 0.29) is 0 Å². The lowest BCUT2D eigenvalue weighted by Gasteiger charge is -2.14. The number of hydrogen-bond acceptors (Lipinski definition) is 4. The van der Waals surface area contributed by atoms with Crippen molar-refractivity contribution in [2.75, 3.05) is 6.54 Å². The van der Waals surface area contributed by atoms with Crippen LogP contribution < -0.4 is 11.1 Å². The number of aliphatic carboxylic acids is 1. The fourth-order valence-corrected chi connectivity index (χ4v) is 1.69. The van der Waals surface area contributed by atoms with Crippen LogP contribution in [0.25, 0.3) is 0 Å². The van der Waals surface area contributed by atoms with E-state index in [2.05, 4.69) is 5.32 Å². The van der Waals surface area contributed by atoms with Crippen LogP contribution >= 0.6 is 0 Å². The number of nitrogens with two attached hydrogens (primary N) is 1. The first kappa shape index (κ1) is 11.6. The lowest BCUT2D eigenvalue weighted by atomic mass is 9.93. The number of ketones is 1. The molecule has 1 aliphatic rings. The zero-order valence-electron chi connectivity index (χ0n) is 8.23. The fourth-order valence-electron chi connectivity index (χ4n) is 1.69. The van der Waals surface area contributed by atoms with E-state index in [1.54, 1.807) is 0 Å². The lowest BCUT2D eigenvalue weighted by Crippen LogP contribution is -2.42. The first-order valence-corrected chi connectivity index (χ1v) is 4.80. The maximum atomic E-state index is 11.7. The molecule has 0 bridgehead atoms. The van der Waals surface area contributed by atoms with E-state index >= 15 is 0 Å². The zero-order chi connectivity index (χ0) is 11.4. The summed E-state index contributed by atoms with van der Waals surface area (Å²) in [5.74, 6) is -3.67. The van der Waals surface area contributed by atoms with Crippen molar-refractivity contribution in [1.82, 2.24) is 5.32 Å². The SMILES string of the molecule is NC(=O)C(CC(=O)O)C(=O)[C@H]1CCCN1. The number of amides is 1. The third-order valence-electron chi connectivity index (χ3n) is 2.47. The molecular formula is C9H14N2O4. The number of Topliss-reactive ketones (excluding diaryl/α,β-unsaturated/α-hetero) is 1. The Morgan fingerprint density at radius 3 is 2.53 bits per heavy atom. The molecule has 1 amide bonds. The van der Waals surface area contributed by atoms with E-state index in [0.717, 1.165) is 13.0 Å². The van der Waals surface area contributed by atoms with Crippen LogP contribution in [0.3, 0.4) is 0 Å². The Bertz CT molecular complexity index is 284. The van der Waals surface area contributed by atoms with Crippen LogP contribution in [-0.4, -0.2) is 35.4 Å². The second-order valence-corrected chi connectivity index (χ2v) is 3.60. The normalized spacial score (nSPS) is 22.3. The maximum Gasteiger partial charge on any atom is 0.304 e. The smallest absolute Gasteiger partial charge is 0.304 e. The maximum absolute atomic E-state index is 11.7. The Kier molecular flexibility index (Phi) is 3.79. The third kappa shape index (κ3) is 3.02. The summed E-state index contributed by atoms with van der Waals surface area (Å²) >= 11 is 0. The van der Waals surface area contributed by atoms with Crippen LogP contribution in [-0.2, 0) is 14.4 Å². The number of carbonyl (C=O) groups excluding carboxylic acids is 2. The van der Waals surface area contributed by atoms with E-state index in [1.807, 2.05) is 0 Å². The highest BCUT2D eigenvalue weighted by molar-refractivity contribution is 6.05. The number of nitrogens with one attached hydrogen (secondary N) is 1. The molecule has 0 radical (unpaired) electrons. The van der Waals surface area contributed by atoms with Gasteiger partial charge in [0.25, 0.3) is 0 Å². The highest BCUT2D eigenvalue weighted by Gasteiger charge is 2.33. The molecular weight excluding hydrogens is 200 g/mol. The molecule has 1 aliphatic heterocycles. The first-order chi connectivity index (χ1) is 7.02. The minimum atomic E-state index is -1.21. The first-order valence-electron chi connectivity index (χ1n) is 4.80. The van der Waals surface area contributed by atoms with Gasteiger partial charge in [0.05, 0.1) is 12.5 Å². The Hall–Kier alpha value is -1.43. The minimum Gasteiger partial charge on any atom is -0.481 e. The summed E-state index contributed by atoms with van der Waals surface area (Å²) in [5.41, 5.74) is 5.00. The number of hydrogen-bond donors (Lipinski definition) is 3. The van der Waals surface area contributed by atoms with Gasteiger partial charge in [-0.2, -0.15) is 0 Å². The largest absolute Gasteiger partial charge is 0.481 e. The van der Waals surface area contributed by atoms with Crippen LogP contribution in [0.5, 0.6) is 0 Å². The van der Waals surface area contributed by atoms with Gasteiger partial charge in [-0.1, -0.05) is 0 Å². The number of carboxylic acids is 1. The Morgan fingerprint density at radius 2 is 2.13 bits per heavy atom. The summed E-state index contributed by atoms with van der Waals surface area (Å²) in [7, 11) is 0. The number of carbonyl (C=O) groups is 3. The van der Waals surface area contributed by atoms with Crippen LogP contribution in [0, 0.1) is 5.92 Å². The van der Waals surface area contributed by atoms with E-state index in [1.165, 1.54) is 0 Å². The predicted molar refractivity (Wildman–Crippen MR) is 51.0 cm³/mol. The van der Waals surface area contributed by atoms with Crippen LogP contribution in [0.2, 0.25) is 0 Å². The molecule has 0 aromatic heterocycles. The van der Waals surface area contributed by atoms with E-state index in [4.69, 9.17) is 10.8 Å². The molecule has 1 rings (SSSR count). The second kappa shape index (κ2) is 4.88. The molecule has 0 aromatic carbocycles. The summed E-state index contributed by atoms with van der Waals surface area (Å²) in [6.45, 7) is 0.717. The minimum absolute atomic E-state index is 0.401. The van der Waals surface area contributed by atoms with E-state index < -0.39 is 36.0 Å². The predicted octanol–water partition coefficient (Wildman–Crippen LogP) is -1.12. The zero-order valence-corrected chi connectivity index (χ0v) is 8.23. The molecule has 4 N–H and O–H groups in total. The topological polar surface area (TPSA) is 109 Å². The van der Waals surface area contributed by atoms with Crippen molar-refractivity contribution in [2.45, 2.75) is 25.3 Å². The van der Waals surface area contributed by atoms with E-state index in [0.29, 0.717) is 6.42 Å². The van der Waals surface area contributed by atoms with Gasteiger partial charge in [-0.15, -0.1) is 0 Å². The van der Waals surface area contributed by atoms with Crippen LogP contribution in [0.1, 0.15) is 19.3 Å². The average molecular weight is 214 g/mol. The molecule has 6 heteroatoms. The Labute approximate surface area is 86.8 Å². The van der Waals surface area contributed by atoms with Gasteiger partial charge in [-0.05, 0) is 19.4 Å². The standard InChI is InChI=1S/C9H14N2O4/c10-9(15)5(4-7(12)13)8(14)6-2-1-3-11-6/h5-6,11H,1-4H2,(H2,10,15)(H,12,13)/t5?,6-/m1/s1. The lowest BCUT2D eigenvalue weighted by molar-refractivity contribution is -0.144. The van der Waals surface area contributed by atoms with Crippen molar-refractivity contribution < 1.29 is 19.5 Å². The summed E-state index contributed by atoms with van der Waals surface area (Å²) in [5, 5.41) is 11.5. The van der Waals surface area contributed by atoms with Gasteiger partial charge in [-0.3, -0.25) is 14.4 Å². The highest BCUT2D eigenvalue weighted by Crippen LogP contribution is 2.14. The fraction of sp³-hybridized carbons (Fsp3) is 0.667. The number of carboxylic acid groups (broad SMARTS) is 1. The molecule has 6 nitrogen and oxygen atoms in total. The number of primary amides is 1. The van der Waals surface area contributed by atoms with Crippen molar-refractivity contribution in [3.8, 4) is 0 Å². The molecule has 2 atom stereocenters. The van der Waals surface area contributed by atoms with Crippen molar-refractivity contribution in [1.29, 1.82) is 0 Å². The van der Waals surface area contributed by atoms with Gasteiger partial charge in [-0.25, -0.2) is 0 Å². The van der Waals surface area contributed by atoms with Gasteiger partial charge in [0, 0.05) is 0 Å². The summed E-state index contributed by atoms with van der Waals surface area (Å²) in [6.07, 6.45) is 0.976. The van der Waals surface area contributed by atoms with Gasteiger partial charge in [0.1, 0.15) is 5.92 Å². The molecule has 0 aliphatic carbocycles. The molecule has 0 saturated carbocycles. The summed E-state index contributed by atoms with van der Waals surface area (Å²) in [6, 6.07) is -0.415. The van der Waals surface area contributed by atoms with Crippen LogP contribution in [0.4, 0.5) is 0 Å². The molecule has 0 aromatic rings. The van der Waals surface area contributed by atoms with Gasteiger partial charge >= 0.3 is 5.97 Å². The van der Waals surface area contributed by atoms with Crippen molar-refractivity contribution >= 4 is 17.7 Å². The highest BCUT2D eigenvalue weighted by atomic mass is 16.4. The Balaban J connectivity index is 2.65. The quantitative estimate of drug-likeness (QED) is 0.502. The average Bonchev–Trinajstić information content (AvgIpc) is 2.65. The van der Waals surface area contributed by atoms with Crippen molar-refractivity contribution in [2.24, 2.45) is 11.7 Å². The number of rotatable bonds is 5. The van der Waals surface area contributed by atoms with Crippen molar-refractivity contribution in [3.05, 3.63) is 0 Å². The Morgan fingerprint density at radius 1 is 1.47 bits per heavy atom. The summed E-state index contributed by atoms with van der Waals surface area (Å²) in [4.78, 5) is 33.1. The molecule has 1 fully saturated rings. The third-order valence-corrected chi connectivity index (χ3v) is 2.47. The molecule has 1 unspecified atom stereocenters. The van der Waals surface area contributed by atoms with Gasteiger partial charge in [0.2, 0.25) is 5.91 Å². The molecule has 15 heavy (non-hydrogen) atoms. The van der Waals surface area contributed by atoms with Crippen molar-refractivity contribution in [3.63, 3.8) is 0 Å². The van der Waals surface area contributed by atoms with Gasteiger partial charge in [0.15, 0.2) is 5.78 Å². The van der Waals surface area contributed by atoms with E-state index in [9.17, 15) is 14.4 Å². The molecule has 0 spiro atoms. The molecule has 1 heterocycles.